The third-order valence-corrected chi connectivity index (χ3v) is 2.46. The minimum Gasteiger partial charge on any atom is -0.497 e. The molecule has 1 N–H and O–H groups in total. The van der Waals surface area contributed by atoms with Crippen LogP contribution in [0.25, 0.3) is 0 Å². The number of ether oxygens (including phenoxy) is 2. The first-order chi connectivity index (χ1) is 7.54. The van der Waals surface area contributed by atoms with Gasteiger partial charge in [0, 0.05) is 0 Å². The first-order valence-corrected chi connectivity index (χ1v) is 5.21. The molecule has 0 fully saturated rings. The molecule has 0 aliphatic carbocycles. The van der Waals surface area contributed by atoms with Gasteiger partial charge in [0.25, 0.3) is 0 Å². The Bertz CT molecular complexity index is 414. The van der Waals surface area contributed by atoms with Crippen molar-refractivity contribution in [2.75, 3.05) is 13.7 Å². The molecule has 0 unspecified atom stereocenters. The quantitative estimate of drug-likeness (QED) is 0.845. The zero-order valence-corrected chi connectivity index (χ0v) is 10.3. The lowest BCUT2D eigenvalue weighted by atomic mass is 10.3. The lowest BCUT2D eigenvalue weighted by molar-refractivity contribution is -0.133. The maximum absolute atomic E-state index is 10.5. The number of hydrogen-bond acceptors (Lipinski definition) is 3. The number of hydrogen-bond donors (Lipinski definition) is 1. The molecule has 0 amide bonds. The lowest BCUT2D eigenvalue weighted by Crippen LogP contribution is -2.09. The smallest absolute Gasteiger partial charge is 0.334 e. The normalized spacial score (nSPS) is 9.62. The van der Waals surface area contributed by atoms with E-state index in [0.29, 0.717) is 16.0 Å². The van der Waals surface area contributed by atoms with Gasteiger partial charge in [-0.3, -0.25) is 0 Å². The van der Waals surface area contributed by atoms with Crippen LogP contribution in [0.3, 0.4) is 0 Å². The van der Waals surface area contributed by atoms with Crippen LogP contribution in [0.5, 0.6) is 11.5 Å². The zero-order chi connectivity index (χ0) is 12.1. The third kappa shape index (κ3) is 3.27. The summed E-state index contributed by atoms with van der Waals surface area (Å²) in [6.45, 7) is 3.31. The van der Waals surface area contributed by atoms with Crippen molar-refractivity contribution in [3.63, 3.8) is 0 Å². The van der Waals surface area contributed by atoms with Crippen LogP contribution in [0.4, 0.5) is 0 Å². The van der Waals surface area contributed by atoms with Crippen molar-refractivity contribution in [2.45, 2.75) is 0 Å². The van der Waals surface area contributed by atoms with E-state index in [2.05, 4.69) is 22.5 Å². The first-order valence-electron chi connectivity index (χ1n) is 4.42. The van der Waals surface area contributed by atoms with E-state index in [1.54, 1.807) is 25.3 Å². The maximum Gasteiger partial charge on any atom is 0.334 e. The molecular weight excluding hydrogens is 276 g/mol. The summed E-state index contributed by atoms with van der Waals surface area (Å²) in [6.07, 6.45) is 0. The zero-order valence-electron chi connectivity index (χ0n) is 8.70. The minimum absolute atomic E-state index is 0.00252. The van der Waals surface area contributed by atoms with E-state index >= 15 is 0 Å². The van der Waals surface area contributed by atoms with E-state index in [1.807, 2.05) is 0 Å². The van der Waals surface area contributed by atoms with Crippen LogP contribution in [0.15, 0.2) is 34.8 Å². The fourth-order valence-corrected chi connectivity index (χ4v) is 1.42. The second kappa shape index (κ2) is 5.55. The number of rotatable bonds is 5. The van der Waals surface area contributed by atoms with Crippen molar-refractivity contribution in [1.29, 1.82) is 0 Å². The summed E-state index contributed by atoms with van der Waals surface area (Å²) in [6, 6.07) is 5.15. The van der Waals surface area contributed by atoms with Crippen molar-refractivity contribution in [3.05, 3.63) is 34.8 Å². The van der Waals surface area contributed by atoms with Crippen LogP contribution in [-0.4, -0.2) is 24.8 Å². The van der Waals surface area contributed by atoms with E-state index in [9.17, 15) is 4.79 Å². The van der Waals surface area contributed by atoms with Gasteiger partial charge in [-0.25, -0.2) is 4.79 Å². The van der Waals surface area contributed by atoms with Gasteiger partial charge >= 0.3 is 5.97 Å². The van der Waals surface area contributed by atoms with Gasteiger partial charge < -0.3 is 14.6 Å². The average molecular weight is 287 g/mol. The Morgan fingerprint density at radius 2 is 2.25 bits per heavy atom. The van der Waals surface area contributed by atoms with Gasteiger partial charge in [-0.2, -0.15) is 0 Å². The number of carboxylic acid groups (broad SMARTS) is 1. The standard InChI is InChI=1S/C11H11BrO4/c1-7(11(13)14)6-16-10-4-3-8(15-2)5-9(10)12/h3-5H,1,6H2,2H3,(H,13,14). The highest BCUT2D eigenvalue weighted by atomic mass is 79.9. The molecule has 0 aliphatic heterocycles. The molecular formula is C11H11BrO4. The molecule has 0 aliphatic rings. The van der Waals surface area contributed by atoms with Gasteiger partial charge in [-0.05, 0) is 34.1 Å². The van der Waals surface area contributed by atoms with Crippen molar-refractivity contribution in [3.8, 4) is 11.5 Å². The summed E-state index contributed by atoms with van der Waals surface area (Å²) in [5.41, 5.74) is 0.00252. The number of halogens is 1. The van der Waals surface area contributed by atoms with Gasteiger partial charge in [-0.1, -0.05) is 6.58 Å². The molecule has 86 valence electrons. The molecule has 0 aromatic heterocycles. The highest BCUT2D eigenvalue weighted by molar-refractivity contribution is 9.10. The van der Waals surface area contributed by atoms with E-state index in [1.165, 1.54) is 0 Å². The SMILES string of the molecule is C=C(COc1ccc(OC)cc1Br)C(=O)O. The molecule has 16 heavy (non-hydrogen) atoms. The minimum atomic E-state index is -1.07. The third-order valence-electron chi connectivity index (χ3n) is 1.84. The Labute approximate surface area is 102 Å². The summed E-state index contributed by atoms with van der Waals surface area (Å²) in [5, 5.41) is 8.60. The van der Waals surface area contributed by atoms with Crippen molar-refractivity contribution in [2.24, 2.45) is 0 Å². The second-order valence-electron chi connectivity index (χ2n) is 2.99. The van der Waals surface area contributed by atoms with E-state index in [0.717, 1.165) is 0 Å². The molecule has 0 bridgehead atoms. The van der Waals surface area contributed by atoms with Gasteiger partial charge in [0.1, 0.15) is 18.1 Å². The Hall–Kier alpha value is -1.49. The summed E-state index contributed by atoms with van der Waals surface area (Å²) in [4.78, 5) is 10.5. The molecule has 5 heteroatoms. The van der Waals surface area contributed by atoms with Crippen molar-refractivity contribution in [1.82, 2.24) is 0 Å². The average Bonchev–Trinajstić information content (AvgIpc) is 2.26. The Balaban J connectivity index is 2.68. The van der Waals surface area contributed by atoms with Crippen LogP contribution in [0, 0.1) is 0 Å². The number of carbonyl (C=O) groups is 1. The number of methoxy groups -OCH3 is 1. The van der Waals surface area contributed by atoms with Gasteiger partial charge in [0.05, 0.1) is 17.2 Å². The Kier molecular flexibility index (Phi) is 4.37. The van der Waals surface area contributed by atoms with Crippen LogP contribution < -0.4 is 9.47 Å². The van der Waals surface area contributed by atoms with Gasteiger partial charge in [0.15, 0.2) is 0 Å². The van der Waals surface area contributed by atoms with Crippen LogP contribution in [0.2, 0.25) is 0 Å². The molecule has 0 spiro atoms. The lowest BCUT2D eigenvalue weighted by Gasteiger charge is -2.09. The van der Waals surface area contributed by atoms with Crippen molar-refractivity contribution < 1.29 is 19.4 Å². The molecule has 1 aromatic carbocycles. The summed E-state index contributed by atoms with van der Waals surface area (Å²) in [5.74, 6) is 0.170. The molecule has 4 nitrogen and oxygen atoms in total. The predicted octanol–water partition coefficient (Wildman–Crippen LogP) is 2.48. The molecule has 0 heterocycles. The predicted molar refractivity (Wildman–Crippen MR) is 63.0 cm³/mol. The van der Waals surface area contributed by atoms with Crippen LogP contribution in [-0.2, 0) is 4.79 Å². The Morgan fingerprint density at radius 1 is 1.56 bits per heavy atom. The number of benzene rings is 1. The van der Waals surface area contributed by atoms with Crippen LogP contribution in [0.1, 0.15) is 0 Å². The van der Waals surface area contributed by atoms with E-state index < -0.39 is 5.97 Å². The Morgan fingerprint density at radius 3 is 2.75 bits per heavy atom. The molecule has 0 saturated heterocycles. The van der Waals surface area contributed by atoms with Crippen LogP contribution >= 0.6 is 15.9 Å². The molecule has 1 aromatic rings. The largest absolute Gasteiger partial charge is 0.497 e. The second-order valence-corrected chi connectivity index (χ2v) is 3.85. The highest BCUT2D eigenvalue weighted by Crippen LogP contribution is 2.29. The van der Waals surface area contributed by atoms with E-state index in [4.69, 9.17) is 14.6 Å². The maximum atomic E-state index is 10.5. The summed E-state index contributed by atoms with van der Waals surface area (Å²) in [7, 11) is 1.56. The van der Waals surface area contributed by atoms with Gasteiger partial charge in [-0.15, -0.1) is 0 Å². The molecule has 0 atom stereocenters. The number of carboxylic acids is 1. The fraction of sp³-hybridized carbons (Fsp3) is 0.182. The van der Waals surface area contributed by atoms with Gasteiger partial charge in [0.2, 0.25) is 0 Å². The fourth-order valence-electron chi connectivity index (χ4n) is 0.952. The number of aliphatic carboxylic acids is 1. The molecule has 0 radical (unpaired) electrons. The van der Waals surface area contributed by atoms with Crippen molar-refractivity contribution >= 4 is 21.9 Å². The van der Waals surface area contributed by atoms with E-state index in [-0.39, 0.29) is 12.2 Å². The highest BCUT2D eigenvalue weighted by Gasteiger charge is 2.07. The summed E-state index contributed by atoms with van der Waals surface area (Å²) < 4.78 is 11.0. The molecule has 0 saturated carbocycles. The first kappa shape index (κ1) is 12.6. The summed E-state index contributed by atoms with van der Waals surface area (Å²) >= 11 is 3.29. The topological polar surface area (TPSA) is 55.8 Å². The molecule has 1 rings (SSSR count). The monoisotopic (exact) mass is 286 g/mol.